The van der Waals surface area contributed by atoms with Crippen molar-refractivity contribution in [2.45, 2.75) is 12.3 Å². The van der Waals surface area contributed by atoms with Gasteiger partial charge in [-0.15, -0.1) is 0 Å². The van der Waals surface area contributed by atoms with Gasteiger partial charge in [-0.1, -0.05) is 11.6 Å². The van der Waals surface area contributed by atoms with Gasteiger partial charge >= 0.3 is 0 Å². The van der Waals surface area contributed by atoms with Gasteiger partial charge in [-0.05, 0) is 32.1 Å². The Labute approximate surface area is 104 Å². The Balaban J connectivity index is 2.14. The number of aromatic hydroxyl groups is 1. The summed E-state index contributed by atoms with van der Waals surface area (Å²) in [5, 5.41) is 10.2. The van der Waals surface area contributed by atoms with E-state index in [1.54, 1.807) is 6.07 Å². The molecule has 1 aliphatic heterocycles. The second kappa shape index (κ2) is 3.89. The number of nitrogens with zero attached hydrogens (tertiary/aromatic N) is 3. The van der Waals surface area contributed by atoms with Gasteiger partial charge in [0, 0.05) is 18.7 Å². The van der Waals surface area contributed by atoms with Crippen LogP contribution in [-0.4, -0.2) is 39.5 Å². The van der Waals surface area contributed by atoms with Crippen molar-refractivity contribution in [1.29, 1.82) is 0 Å². The van der Waals surface area contributed by atoms with Crippen LogP contribution in [0, 0.1) is 0 Å². The maximum Gasteiger partial charge on any atom is 0.158 e. The molecule has 17 heavy (non-hydrogen) atoms. The topological polar surface area (TPSA) is 40.8 Å². The van der Waals surface area contributed by atoms with Gasteiger partial charge in [0.1, 0.15) is 17.1 Å². The maximum absolute atomic E-state index is 9.80. The van der Waals surface area contributed by atoms with Gasteiger partial charge in [0.2, 0.25) is 0 Å². The lowest BCUT2D eigenvalue weighted by Crippen LogP contribution is -2.14. The number of likely N-dealkylation sites (N-methyl/N-ethyl adjacent to an activating group) is 1. The number of pyridine rings is 1. The van der Waals surface area contributed by atoms with E-state index in [0.29, 0.717) is 16.6 Å². The lowest BCUT2D eigenvalue weighted by Gasteiger charge is -2.09. The predicted octanol–water partition coefficient (Wildman–Crippen LogP) is 2.11. The number of rotatable bonds is 1. The normalized spacial score (nSPS) is 21.4. The van der Waals surface area contributed by atoms with E-state index in [1.807, 2.05) is 16.7 Å². The largest absolute Gasteiger partial charge is 0.506 e. The Morgan fingerprint density at radius 1 is 1.53 bits per heavy atom. The highest BCUT2D eigenvalue weighted by Crippen LogP contribution is 2.32. The summed E-state index contributed by atoms with van der Waals surface area (Å²) in [6, 6.07) is 3.44. The number of aromatic nitrogens is 2. The molecule has 3 heterocycles. The van der Waals surface area contributed by atoms with Gasteiger partial charge in [-0.3, -0.25) is 4.40 Å². The molecule has 0 radical (unpaired) electrons. The summed E-state index contributed by atoms with van der Waals surface area (Å²) < 4.78 is 1.90. The minimum absolute atomic E-state index is 0.183. The molecule has 1 aliphatic rings. The van der Waals surface area contributed by atoms with E-state index in [9.17, 15) is 5.11 Å². The molecule has 1 N–H and O–H groups in total. The molecule has 5 heteroatoms. The van der Waals surface area contributed by atoms with Gasteiger partial charge in [0.25, 0.3) is 0 Å². The predicted molar refractivity (Wildman–Crippen MR) is 66.7 cm³/mol. The molecular weight excluding hydrogens is 238 g/mol. The van der Waals surface area contributed by atoms with Crippen molar-refractivity contribution in [2.24, 2.45) is 0 Å². The number of hydrogen-bond acceptors (Lipinski definition) is 3. The van der Waals surface area contributed by atoms with Crippen molar-refractivity contribution in [3.05, 3.63) is 29.3 Å². The SMILES string of the molecule is CN1CCC(c2nc(Cl)c3c(O)cccn23)C1. The van der Waals surface area contributed by atoms with Gasteiger partial charge in [0.05, 0.1) is 0 Å². The first-order valence-electron chi connectivity index (χ1n) is 5.71. The van der Waals surface area contributed by atoms with Gasteiger partial charge in [0.15, 0.2) is 5.15 Å². The lowest BCUT2D eigenvalue weighted by atomic mass is 10.1. The Hall–Kier alpha value is -1.26. The Bertz CT molecular complexity index is 566. The van der Waals surface area contributed by atoms with Crippen molar-refractivity contribution in [2.75, 3.05) is 20.1 Å². The molecular formula is C12H14ClN3O. The maximum atomic E-state index is 9.80. The van der Waals surface area contributed by atoms with E-state index < -0.39 is 0 Å². The Morgan fingerprint density at radius 3 is 3.06 bits per heavy atom. The lowest BCUT2D eigenvalue weighted by molar-refractivity contribution is 0.409. The first-order valence-corrected chi connectivity index (χ1v) is 6.08. The number of imidazole rings is 1. The van der Waals surface area contributed by atoms with Gasteiger partial charge in [-0.2, -0.15) is 0 Å². The highest BCUT2D eigenvalue weighted by atomic mass is 35.5. The van der Waals surface area contributed by atoms with Crippen LogP contribution in [0.1, 0.15) is 18.2 Å². The zero-order valence-corrected chi connectivity index (χ0v) is 10.4. The fraction of sp³-hybridized carbons (Fsp3) is 0.417. The third-order valence-electron chi connectivity index (χ3n) is 3.38. The fourth-order valence-electron chi connectivity index (χ4n) is 2.53. The second-order valence-corrected chi connectivity index (χ2v) is 4.98. The van der Waals surface area contributed by atoms with Crippen molar-refractivity contribution in [3.63, 3.8) is 0 Å². The zero-order chi connectivity index (χ0) is 12.0. The summed E-state index contributed by atoms with van der Waals surface area (Å²) in [7, 11) is 2.11. The zero-order valence-electron chi connectivity index (χ0n) is 9.60. The molecule has 1 saturated heterocycles. The van der Waals surface area contributed by atoms with Crippen LogP contribution in [0.4, 0.5) is 0 Å². The molecule has 1 unspecified atom stereocenters. The van der Waals surface area contributed by atoms with Crippen LogP contribution in [-0.2, 0) is 0 Å². The Morgan fingerprint density at radius 2 is 2.35 bits per heavy atom. The molecule has 0 aromatic carbocycles. The quantitative estimate of drug-likeness (QED) is 0.844. The van der Waals surface area contributed by atoms with Crippen LogP contribution in [0.15, 0.2) is 18.3 Å². The second-order valence-electron chi connectivity index (χ2n) is 4.62. The van der Waals surface area contributed by atoms with Gasteiger partial charge in [-0.25, -0.2) is 4.98 Å². The minimum atomic E-state index is 0.183. The number of fused-ring (bicyclic) bond motifs is 1. The third-order valence-corrected chi connectivity index (χ3v) is 3.65. The molecule has 0 aliphatic carbocycles. The van der Waals surface area contributed by atoms with E-state index in [1.165, 1.54) is 0 Å². The van der Waals surface area contributed by atoms with Crippen molar-refractivity contribution < 1.29 is 5.11 Å². The van der Waals surface area contributed by atoms with Crippen molar-refractivity contribution in [1.82, 2.24) is 14.3 Å². The third kappa shape index (κ3) is 1.68. The van der Waals surface area contributed by atoms with E-state index in [-0.39, 0.29) is 5.75 Å². The van der Waals surface area contributed by atoms with Crippen molar-refractivity contribution >= 4 is 17.1 Å². The Kier molecular flexibility index (Phi) is 2.49. The highest BCUT2D eigenvalue weighted by molar-refractivity contribution is 6.33. The van der Waals surface area contributed by atoms with Crippen LogP contribution >= 0.6 is 11.6 Å². The van der Waals surface area contributed by atoms with Crippen LogP contribution < -0.4 is 0 Å². The molecule has 4 nitrogen and oxygen atoms in total. The monoisotopic (exact) mass is 251 g/mol. The number of halogens is 1. The van der Waals surface area contributed by atoms with Crippen molar-refractivity contribution in [3.8, 4) is 5.75 Å². The van der Waals surface area contributed by atoms with E-state index in [0.717, 1.165) is 25.3 Å². The summed E-state index contributed by atoms with van der Waals surface area (Å²) >= 11 is 6.09. The highest BCUT2D eigenvalue weighted by Gasteiger charge is 2.26. The summed E-state index contributed by atoms with van der Waals surface area (Å²) in [4.78, 5) is 6.69. The molecule has 1 fully saturated rings. The minimum Gasteiger partial charge on any atom is -0.506 e. The molecule has 90 valence electrons. The first-order chi connectivity index (χ1) is 8.16. The summed E-state index contributed by atoms with van der Waals surface area (Å²) in [6.45, 7) is 2.07. The summed E-state index contributed by atoms with van der Waals surface area (Å²) in [5.41, 5.74) is 0.610. The van der Waals surface area contributed by atoms with E-state index >= 15 is 0 Å². The summed E-state index contributed by atoms with van der Waals surface area (Å²) in [5.74, 6) is 1.52. The standard InChI is InChI=1S/C12H14ClN3O/c1-15-6-4-8(7-15)12-14-11(13)10-9(17)3-2-5-16(10)12/h2-3,5,8,17H,4,6-7H2,1H3. The first kappa shape index (κ1) is 10.9. The average Bonchev–Trinajstić information content (AvgIpc) is 2.84. The van der Waals surface area contributed by atoms with Gasteiger partial charge < -0.3 is 10.0 Å². The van der Waals surface area contributed by atoms with Crippen LogP contribution in [0.2, 0.25) is 5.15 Å². The molecule has 3 rings (SSSR count). The smallest absolute Gasteiger partial charge is 0.158 e. The fourth-order valence-corrected chi connectivity index (χ4v) is 2.81. The van der Waals surface area contributed by atoms with Crippen LogP contribution in [0.25, 0.3) is 5.52 Å². The molecule has 2 aromatic heterocycles. The molecule has 1 atom stereocenters. The van der Waals surface area contributed by atoms with E-state index in [4.69, 9.17) is 11.6 Å². The molecule has 0 amide bonds. The number of likely N-dealkylation sites (tertiary alicyclic amines) is 1. The molecule has 0 bridgehead atoms. The molecule has 0 spiro atoms. The molecule has 2 aromatic rings. The average molecular weight is 252 g/mol. The summed E-state index contributed by atoms with van der Waals surface area (Å²) in [6.07, 6.45) is 2.99. The van der Waals surface area contributed by atoms with Crippen LogP contribution in [0.3, 0.4) is 0 Å². The number of hydrogen-bond donors (Lipinski definition) is 1. The van der Waals surface area contributed by atoms with E-state index in [2.05, 4.69) is 16.9 Å². The molecule has 0 saturated carbocycles. The van der Waals surface area contributed by atoms with Crippen LogP contribution in [0.5, 0.6) is 5.75 Å².